The smallest absolute Gasteiger partial charge is 0.462 e. The van der Waals surface area contributed by atoms with Gasteiger partial charge in [-0.1, -0.05) is 393 Å². The van der Waals surface area contributed by atoms with Gasteiger partial charge in [0.05, 0.1) is 26.4 Å². The van der Waals surface area contributed by atoms with Crippen LogP contribution in [0.4, 0.5) is 0 Å². The number of hydrogen-bond donors (Lipinski definition) is 3. The molecule has 0 aliphatic rings. The molecule has 0 heterocycles. The number of ether oxygens (including phenoxy) is 4. The van der Waals surface area contributed by atoms with E-state index in [0.29, 0.717) is 25.7 Å². The minimum Gasteiger partial charge on any atom is -0.462 e. The van der Waals surface area contributed by atoms with Gasteiger partial charge in [-0.25, -0.2) is 9.13 Å². The van der Waals surface area contributed by atoms with Crippen LogP contribution in [0.15, 0.2) is 24.3 Å². The molecule has 3 unspecified atom stereocenters. The first-order valence-electron chi connectivity index (χ1n) is 44.8. The number of hydrogen-bond acceptors (Lipinski definition) is 15. The van der Waals surface area contributed by atoms with Crippen molar-refractivity contribution in [3.63, 3.8) is 0 Å². The van der Waals surface area contributed by atoms with Gasteiger partial charge in [-0.2, -0.15) is 0 Å². The zero-order valence-electron chi connectivity index (χ0n) is 69.9. The molecule has 0 amide bonds. The van der Waals surface area contributed by atoms with Crippen molar-refractivity contribution in [3.05, 3.63) is 24.3 Å². The highest BCUT2D eigenvalue weighted by atomic mass is 31.2. The molecule has 0 aliphatic carbocycles. The third-order valence-corrected chi connectivity index (χ3v) is 22.3. The Morgan fingerprint density at radius 3 is 0.841 bits per heavy atom. The molecule has 0 rings (SSSR count). The SMILES string of the molecule is CCCCCC/C=C\C=C/CCCCCCCC(=O)O[C@H](COC(=O)CCCCCCCCCCC(C)CC)COP(=O)(O)OC[C@H](O)COP(=O)(O)OC[C@@H](COC(=O)CCCCCCCCCCCCCCCCCC(C)C)OC(=O)CCCCCCCCCCCCCCCCCCCCCCCC. The molecule has 0 spiro atoms. The van der Waals surface area contributed by atoms with Gasteiger partial charge in [-0.05, 0) is 63.2 Å². The lowest BCUT2D eigenvalue weighted by Crippen LogP contribution is -2.30. The Labute approximate surface area is 656 Å². The Morgan fingerprint density at radius 1 is 0.308 bits per heavy atom. The van der Waals surface area contributed by atoms with Gasteiger partial charge in [0.25, 0.3) is 0 Å². The number of esters is 4. The van der Waals surface area contributed by atoms with Crippen molar-refractivity contribution >= 4 is 39.5 Å². The molecule has 0 aromatic carbocycles. The molecule has 0 aliphatic heterocycles. The van der Waals surface area contributed by atoms with E-state index in [1.54, 1.807) is 0 Å². The Morgan fingerprint density at radius 2 is 0.551 bits per heavy atom. The van der Waals surface area contributed by atoms with E-state index in [4.69, 9.17) is 37.0 Å². The van der Waals surface area contributed by atoms with Crippen molar-refractivity contribution in [3.8, 4) is 0 Å². The van der Waals surface area contributed by atoms with Gasteiger partial charge in [0.2, 0.25) is 0 Å². The average Bonchev–Trinajstić information content (AvgIpc) is 0.903. The van der Waals surface area contributed by atoms with Gasteiger partial charge in [-0.3, -0.25) is 37.3 Å². The number of carbonyl (C=O) groups excluding carboxylic acids is 4. The fraction of sp³-hybridized carbons (Fsp3) is 0.909. The van der Waals surface area contributed by atoms with Gasteiger partial charge in [0.1, 0.15) is 19.3 Å². The molecule has 0 aromatic heterocycles. The van der Waals surface area contributed by atoms with Crippen LogP contribution in [0.1, 0.15) is 446 Å². The number of phosphoric ester groups is 2. The minimum absolute atomic E-state index is 0.0849. The summed E-state index contributed by atoms with van der Waals surface area (Å²) in [6.45, 7) is 9.64. The van der Waals surface area contributed by atoms with Crippen LogP contribution in [0.2, 0.25) is 0 Å². The van der Waals surface area contributed by atoms with Crippen molar-refractivity contribution in [1.29, 1.82) is 0 Å². The quantitative estimate of drug-likeness (QED) is 0.0169. The molecule has 0 saturated carbocycles. The summed E-state index contributed by atoms with van der Waals surface area (Å²) in [5, 5.41) is 10.7. The predicted octanol–water partition coefficient (Wildman–Crippen LogP) is 26.6. The van der Waals surface area contributed by atoms with Crippen LogP contribution in [0.5, 0.6) is 0 Å². The van der Waals surface area contributed by atoms with E-state index < -0.39 is 97.5 Å². The highest BCUT2D eigenvalue weighted by molar-refractivity contribution is 7.47. The van der Waals surface area contributed by atoms with Crippen LogP contribution in [0.25, 0.3) is 0 Å². The lowest BCUT2D eigenvalue weighted by molar-refractivity contribution is -0.161. The topological polar surface area (TPSA) is 237 Å². The molecule has 0 aromatic rings. The van der Waals surface area contributed by atoms with Crippen LogP contribution in [0, 0.1) is 11.8 Å². The van der Waals surface area contributed by atoms with Gasteiger partial charge in [0, 0.05) is 25.7 Å². The van der Waals surface area contributed by atoms with Crippen molar-refractivity contribution < 1.29 is 80.2 Å². The van der Waals surface area contributed by atoms with Gasteiger partial charge < -0.3 is 33.8 Å². The second-order valence-corrected chi connectivity index (χ2v) is 34.6. The van der Waals surface area contributed by atoms with Crippen molar-refractivity contribution in [1.82, 2.24) is 0 Å². The molecular weight excluding hydrogens is 1390 g/mol. The number of allylic oxidation sites excluding steroid dienone is 4. The van der Waals surface area contributed by atoms with E-state index in [-0.39, 0.29) is 25.7 Å². The van der Waals surface area contributed by atoms with Crippen molar-refractivity contribution in [2.24, 2.45) is 11.8 Å². The Balaban J connectivity index is 5.27. The summed E-state index contributed by atoms with van der Waals surface area (Å²) in [6, 6.07) is 0. The zero-order valence-corrected chi connectivity index (χ0v) is 71.7. The van der Waals surface area contributed by atoms with E-state index in [1.807, 2.05) is 0 Å². The second-order valence-electron chi connectivity index (χ2n) is 31.7. The summed E-state index contributed by atoms with van der Waals surface area (Å²) < 4.78 is 68.9. The number of aliphatic hydroxyl groups excluding tert-OH is 1. The van der Waals surface area contributed by atoms with Crippen molar-refractivity contribution in [2.75, 3.05) is 39.6 Å². The molecule has 17 nitrogen and oxygen atoms in total. The summed E-state index contributed by atoms with van der Waals surface area (Å²) in [5.74, 6) is -0.552. The highest BCUT2D eigenvalue weighted by Gasteiger charge is 2.30. The maximum Gasteiger partial charge on any atom is 0.472 e. The number of carbonyl (C=O) groups is 4. The van der Waals surface area contributed by atoms with E-state index in [1.165, 1.54) is 250 Å². The van der Waals surface area contributed by atoms with E-state index in [2.05, 4.69) is 65.8 Å². The van der Waals surface area contributed by atoms with E-state index >= 15 is 0 Å². The van der Waals surface area contributed by atoms with Crippen LogP contribution in [-0.4, -0.2) is 96.7 Å². The maximum absolute atomic E-state index is 13.2. The van der Waals surface area contributed by atoms with E-state index in [9.17, 15) is 43.2 Å². The Hall–Kier alpha value is -2.46. The second kappa shape index (κ2) is 78.8. The number of phosphoric acid groups is 2. The fourth-order valence-corrected chi connectivity index (χ4v) is 14.8. The molecule has 19 heteroatoms. The molecule has 632 valence electrons. The molecule has 0 fully saturated rings. The summed E-state index contributed by atoms with van der Waals surface area (Å²) in [6.07, 6.45) is 74.4. The average molecular weight is 1560 g/mol. The predicted molar refractivity (Wildman–Crippen MR) is 441 cm³/mol. The first-order chi connectivity index (χ1) is 51.9. The summed E-state index contributed by atoms with van der Waals surface area (Å²) in [7, 11) is -9.94. The van der Waals surface area contributed by atoms with Crippen molar-refractivity contribution in [2.45, 2.75) is 464 Å². The fourth-order valence-electron chi connectivity index (χ4n) is 13.2. The van der Waals surface area contributed by atoms with E-state index in [0.717, 1.165) is 115 Å². The molecule has 107 heavy (non-hydrogen) atoms. The van der Waals surface area contributed by atoms with Gasteiger partial charge in [-0.15, -0.1) is 0 Å². The number of unbranched alkanes of at least 4 members (excludes halogenated alkanes) is 51. The summed E-state index contributed by atoms with van der Waals surface area (Å²) in [5.41, 5.74) is 0. The first-order valence-corrected chi connectivity index (χ1v) is 47.8. The lowest BCUT2D eigenvalue weighted by atomic mass is 9.99. The third-order valence-electron chi connectivity index (χ3n) is 20.4. The zero-order chi connectivity index (χ0) is 78.5. The minimum atomic E-state index is -4.97. The highest BCUT2D eigenvalue weighted by Crippen LogP contribution is 2.45. The van der Waals surface area contributed by atoms with Crippen LogP contribution >= 0.6 is 15.6 Å². The summed E-state index contributed by atoms with van der Waals surface area (Å²) in [4.78, 5) is 73.3. The standard InChI is InChI=1S/C88H168O17P2/c1-7-10-12-14-16-18-20-22-24-25-26-27-28-29-30-34-39-43-47-55-61-67-73-87(92)104-83(76-98-85(90)70-64-58-52-45-41-37-35-31-33-36-40-44-50-56-62-68-80(4)5)78-102-106(94,95)100-74-82(89)75-101-107(96,97)103-79-84(77-99-86(91)71-65-59-53-49-48-51-57-63-69-81(6)9-3)105-88(93)72-66-60-54-46-42-38-32-23-21-19-17-15-13-11-8-2/h19,21,23,32,80-84,89H,7-18,20,22,24-31,33-79H2,1-6H3,(H,94,95)(H,96,97)/b21-19-,32-23-/t81?,82-,83-,84-/m1/s1. The maximum atomic E-state index is 13.2. The normalized spacial score (nSPS) is 14.2. The van der Waals surface area contributed by atoms with Crippen LogP contribution in [-0.2, 0) is 65.4 Å². The molecule has 0 bridgehead atoms. The molecule has 3 N–H and O–H groups in total. The first kappa shape index (κ1) is 105. The van der Waals surface area contributed by atoms with Crippen LogP contribution < -0.4 is 0 Å². The monoisotopic (exact) mass is 1560 g/mol. The largest absolute Gasteiger partial charge is 0.472 e. The van der Waals surface area contributed by atoms with Gasteiger partial charge >= 0.3 is 39.5 Å². The Kier molecular flexibility index (Phi) is 77.0. The number of rotatable bonds is 85. The van der Waals surface area contributed by atoms with Crippen LogP contribution in [0.3, 0.4) is 0 Å². The molecule has 0 saturated heterocycles. The Bertz CT molecular complexity index is 2140. The number of aliphatic hydroxyl groups is 1. The lowest BCUT2D eigenvalue weighted by Gasteiger charge is -2.21. The van der Waals surface area contributed by atoms with Gasteiger partial charge in [0.15, 0.2) is 12.2 Å². The molecule has 0 radical (unpaired) electrons. The molecular formula is C88H168O17P2. The third kappa shape index (κ3) is 80.0. The molecule has 6 atom stereocenters. The summed E-state index contributed by atoms with van der Waals surface area (Å²) >= 11 is 0.